The molecule has 0 bridgehead atoms. The normalized spacial score (nSPS) is 16.0. The fourth-order valence-electron chi connectivity index (χ4n) is 3.90. The number of hydrogen-bond donors (Lipinski definition) is 1. The Morgan fingerprint density at radius 3 is 2.72 bits per heavy atom. The molecule has 3 heterocycles. The van der Waals surface area contributed by atoms with E-state index in [-0.39, 0.29) is 24.0 Å². The maximum atomic E-state index is 12.8. The molecule has 0 aliphatic carbocycles. The van der Waals surface area contributed by atoms with E-state index in [0.717, 1.165) is 18.4 Å². The van der Waals surface area contributed by atoms with E-state index in [0.29, 0.717) is 48.7 Å². The highest BCUT2D eigenvalue weighted by atomic mass is 32.2. The highest BCUT2D eigenvalue weighted by molar-refractivity contribution is 7.89. The molecule has 0 atom stereocenters. The van der Waals surface area contributed by atoms with Gasteiger partial charge in [-0.1, -0.05) is 11.3 Å². The molecule has 1 saturated heterocycles. The van der Waals surface area contributed by atoms with Gasteiger partial charge in [-0.15, -0.1) is 5.10 Å². The van der Waals surface area contributed by atoms with Gasteiger partial charge in [0, 0.05) is 26.1 Å². The summed E-state index contributed by atoms with van der Waals surface area (Å²) in [5.41, 5.74) is 2.10. The number of aromatic nitrogens is 3. The van der Waals surface area contributed by atoms with Crippen molar-refractivity contribution in [2.75, 3.05) is 19.9 Å². The zero-order valence-electron chi connectivity index (χ0n) is 17.4. The Kier molecular flexibility index (Phi) is 5.43. The van der Waals surface area contributed by atoms with E-state index in [1.54, 1.807) is 22.9 Å². The van der Waals surface area contributed by atoms with Gasteiger partial charge in [-0.3, -0.25) is 4.79 Å². The SMILES string of the molecule is O=C(CCn1nnc2cc(S(=O)(=O)N3CCCC3)ccc21)NCc1ccc2c(c1)OCO2. The van der Waals surface area contributed by atoms with E-state index in [4.69, 9.17) is 9.47 Å². The quantitative estimate of drug-likeness (QED) is 0.574. The van der Waals surface area contributed by atoms with Crippen molar-refractivity contribution in [1.82, 2.24) is 24.6 Å². The third-order valence-corrected chi connectivity index (χ3v) is 7.56. The monoisotopic (exact) mass is 457 g/mol. The summed E-state index contributed by atoms with van der Waals surface area (Å²) in [6.45, 7) is 2.03. The van der Waals surface area contributed by atoms with Crippen LogP contribution >= 0.6 is 0 Å². The number of aryl methyl sites for hydroxylation is 1. The van der Waals surface area contributed by atoms with Gasteiger partial charge in [-0.25, -0.2) is 13.1 Å². The molecule has 2 aromatic carbocycles. The number of rotatable bonds is 7. The van der Waals surface area contributed by atoms with Crippen LogP contribution in [-0.4, -0.2) is 53.5 Å². The fourth-order valence-corrected chi connectivity index (χ4v) is 5.44. The highest BCUT2D eigenvalue weighted by Crippen LogP contribution is 2.32. The molecule has 5 rings (SSSR count). The van der Waals surface area contributed by atoms with Crippen LogP contribution in [-0.2, 0) is 27.9 Å². The van der Waals surface area contributed by atoms with Crippen molar-refractivity contribution in [3.8, 4) is 11.5 Å². The second-order valence-electron chi connectivity index (χ2n) is 7.79. The third-order valence-electron chi connectivity index (χ3n) is 5.67. The van der Waals surface area contributed by atoms with Crippen LogP contribution in [0.5, 0.6) is 11.5 Å². The minimum absolute atomic E-state index is 0.125. The molecule has 11 heteroatoms. The van der Waals surface area contributed by atoms with Crippen LogP contribution in [0.4, 0.5) is 0 Å². The van der Waals surface area contributed by atoms with E-state index in [1.165, 1.54) is 4.31 Å². The largest absolute Gasteiger partial charge is 0.454 e. The van der Waals surface area contributed by atoms with Gasteiger partial charge in [0.25, 0.3) is 0 Å². The molecule has 0 saturated carbocycles. The topological polar surface area (TPSA) is 116 Å². The zero-order chi connectivity index (χ0) is 22.1. The van der Waals surface area contributed by atoms with Gasteiger partial charge in [0.2, 0.25) is 22.7 Å². The van der Waals surface area contributed by atoms with Gasteiger partial charge >= 0.3 is 0 Å². The van der Waals surface area contributed by atoms with Gasteiger partial charge in [0.15, 0.2) is 11.5 Å². The number of benzene rings is 2. The maximum Gasteiger partial charge on any atom is 0.243 e. The molecular formula is C21H23N5O5S. The summed E-state index contributed by atoms with van der Waals surface area (Å²) in [6.07, 6.45) is 1.99. The molecule has 1 fully saturated rings. The molecule has 3 aromatic rings. The second kappa shape index (κ2) is 8.40. The molecule has 1 aromatic heterocycles. The fraction of sp³-hybridized carbons (Fsp3) is 0.381. The number of sulfonamides is 1. The van der Waals surface area contributed by atoms with Crippen molar-refractivity contribution < 1.29 is 22.7 Å². The van der Waals surface area contributed by atoms with Crippen molar-refractivity contribution >= 4 is 27.0 Å². The van der Waals surface area contributed by atoms with Crippen molar-refractivity contribution in [1.29, 1.82) is 0 Å². The Labute approximate surface area is 185 Å². The van der Waals surface area contributed by atoms with E-state index >= 15 is 0 Å². The van der Waals surface area contributed by atoms with Crippen molar-refractivity contribution in [3.63, 3.8) is 0 Å². The van der Waals surface area contributed by atoms with Crippen molar-refractivity contribution in [3.05, 3.63) is 42.0 Å². The zero-order valence-corrected chi connectivity index (χ0v) is 18.2. The van der Waals surface area contributed by atoms with Crippen molar-refractivity contribution in [2.24, 2.45) is 0 Å². The van der Waals surface area contributed by atoms with Crippen LogP contribution < -0.4 is 14.8 Å². The summed E-state index contributed by atoms with van der Waals surface area (Å²) in [5, 5.41) is 11.1. The minimum atomic E-state index is -3.51. The second-order valence-corrected chi connectivity index (χ2v) is 9.73. The van der Waals surface area contributed by atoms with Gasteiger partial charge in [0.05, 0.1) is 17.0 Å². The summed E-state index contributed by atoms with van der Waals surface area (Å²) >= 11 is 0. The number of amides is 1. The number of carbonyl (C=O) groups excluding carboxylic acids is 1. The highest BCUT2D eigenvalue weighted by Gasteiger charge is 2.27. The van der Waals surface area contributed by atoms with Crippen LogP contribution in [0.1, 0.15) is 24.8 Å². The summed E-state index contributed by atoms with van der Waals surface area (Å²) in [6, 6.07) is 10.4. The molecule has 0 unspecified atom stereocenters. The molecule has 0 spiro atoms. The number of ether oxygens (including phenoxy) is 2. The first-order valence-electron chi connectivity index (χ1n) is 10.5. The van der Waals surface area contributed by atoms with Crippen LogP contribution in [0.2, 0.25) is 0 Å². The predicted molar refractivity (Wildman–Crippen MR) is 115 cm³/mol. The maximum absolute atomic E-state index is 12.8. The van der Waals surface area contributed by atoms with Crippen LogP contribution in [0, 0.1) is 0 Å². The van der Waals surface area contributed by atoms with Gasteiger partial charge in [0.1, 0.15) is 5.52 Å². The number of fused-ring (bicyclic) bond motifs is 2. The lowest BCUT2D eigenvalue weighted by molar-refractivity contribution is -0.121. The van der Waals surface area contributed by atoms with E-state index in [2.05, 4.69) is 15.6 Å². The summed E-state index contributed by atoms with van der Waals surface area (Å²) in [5.74, 6) is 1.26. The Bertz CT molecular complexity index is 1270. The number of nitrogens with one attached hydrogen (secondary N) is 1. The molecule has 1 amide bonds. The number of carbonyl (C=O) groups is 1. The first kappa shape index (κ1) is 20.7. The lowest BCUT2D eigenvalue weighted by Gasteiger charge is -2.15. The lowest BCUT2D eigenvalue weighted by Crippen LogP contribution is -2.27. The van der Waals surface area contributed by atoms with Crippen molar-refractivity contribution in [2.45, 2.75) is 37.2 Å². The molecular weight excluding hydrogens is 434 g/mol. The summed E-state index contributed by atoms with van der Waals surface area (Å²) in [7, 11) is -3.51. The minimum Gasteiger partial charge on any atom is -0.454 e. The molecule has 168 valence electrons. The Morgan fingerprint density at radius 2 is 1.88 bits per heavy atom. The Hall–Kier alpha value is -3.18. The van der Waals surface area contributed by atoms with Crippen LogP contribution in [0.25, 0.3) is 11.0 Å². The average Bonchev–Trinajstić information content (AvgIpc) is 3.56. The molecule has 2 aliphatic rings. The van der Waals surface area contributed by atoms with E-state index in [1.807, 2.05) is 18.2 Å². The van der Waals surface area contributed by atoms with Crippen LogP contribution in [0.3, 0.4) is 0 Å². The Morgan fingerprint density at radius 1 is 1.06 bits per heavy atom. The predicted octanol–water partition coefficient (Wildman–Crippen LogP) is 1.65. The molecule has 32 heavy (non-hydrogen) atoms. The van der Waals surface area contributed by atoms with Gasteiger partial charge < -0.3 is 14.8 Å². The first-order valence-corrected chi connectivity index (χ1v) is 11.9. The molecule has 10 nitrogen and oxygen atoms in total. The van der Waals surface area contributed by atoms with E-state index < -0.39 is 10.0 Å². The van der Waals surface area contributed by atoms with Gasteiger partial charge in [-0.2, -0.15) is 4.31 Å². The standard InChI is InChI=1S/C21H23N5O5S/c27-21(22-13-15-3-6-19-20(11-15)31-14-30-19)7-10-26-18-5-4-16(12-17(18)23-24-26)32(28,29)25-8-1-2-9-25/h3-6,11-12H,1-2,7-10,13-14H2,(H,22,27). The number of nitrogens with zero attached hydrogens (tertiary/aromatic N) is 4. The molecule has 1 N–H and O–H groups in total. The smallest absolute Gasteiger partial charge is 0.243 e. The molecule has 0 radical (unpaired) electrons. The van der Waals surface area contributed by atoms with Crippen LogP contribution in [0.15, 0.2) is 41.3 Å². The first-order chi connectivity index (χ1) is 15.5. The van der Waals surface area contributed by atoms with Gasteiger partial charge in [-0.05, 0) is 48.7 Å². The summed E-state index contributed by atoms with van der Waals surface area (Å²) < 4.78 is 39.3. The average molecular weight is 458 g/mol. The molecule has 2 aliphatic heterocycles. The lowest BCUT2D eigenvalue weighted by atomic mass is 10.2. The Balaban J connectivity index is 1.20. The van der Waals surface area contributed by atoms with E-state index in [9.17, 15) is 13.2 Å². The summed E-state index contributed by atoms with van der Waals surface area (Å²) in [4.78, 5) is 12.5. The third kappa shape index (κ3) is 4.00. The number of hydrogen-bond acceptors (Lipinski definition) is 7.